The van der Waals surface area contributed by atoms with E-state index in [1.165, 1.54) is 0 Å². The molecule has 0 saturated heterocycles. The molecule has 0 amide bonds. The van der Waals surface area contributed by atoms with Gasteiger partial charge < -0.3 is 5.73 Å². The van der Waals surface area contributed by atoms with E-state index in [9.17, 15) is 22.0 Å². The number of rotatable bonds is 2. The Morgan fingerprint density at radius 2 is 1.67 bits per heavy atom. The van der Waals surface area contributed by atoms with E-state index in [0.29, 0.717) is 6.07 Å². The Kier molecular flexibility index (Phi) is 3.28. The van der Waals surface area contributed by atoms with Crippen LogP contribution in [0.1, 0.15) is 11.1 Å². The predicted octanol–water partition coefficient (Wildman–Crippen LogP) is 2.48. The molecule has 2 N–H and O–H groups in total. The quantitative estimate of drug-likeness (QED) is 0.769. The predicted molar refractivity (Wildman–Crippen MR) is 44.1 cm³/mol. The largest absolute Gasteiger partial charge is 0.419 e. The number of halogens is 5. The SMILES string of the molecule is NCCc1ccc(C(F)(F)F)c(F)c1F. The summed E-state index contributed by atoms with van der Waals surface area (Å²) in [4.78, 5) is 0. The van der Waals surface area contributed by atoms with Crippen LogP contribution < -0.4 is 5.73 Å². The maximum Gasteiger partial charge on any atom is 0.419 e. The zero-order valence-electron chi connectivity index (χ0n) is 7.54. The average molecular weight is 225 g/mol. The van der Waals surface area contributed by atoms with E-state index in [1.807, 2.05) is 0 Å². The molecule has 0 aromatic heterocycles. The number of nitrogens with two attached hydrogens (primary N) is 1. The van der Waals surface area contributed by atoms with Gasteiger partial charge in [0.1, 0.15) is 0 Å². The zero-order valence-corrected chi connectivity index (χ0v) is 7.54. The summed E-state index contributed by atoms with van der Waals surface area (Å²) in [6.45, 7) is 0.0434. The van der Waals surface area contributed by atoms with Crippen LogP contribution in [0, 0.1) is 11.6 Å². The Morgan fingerprint density at radius 3 is 2.13 bits per heavy atom. The lowest BCUT2D eigenvalue weighted by atomic mass is 10.1. The van der Waals surface area contributed by atoms with Gasteiger partial charge in [0.2, 0.25) is 0 Å². The van der Waals surface area contributed by atoms with Crippen LogP contribution >= 0.6 is 0 Å². The molecule has 6 heteroatoms. The third-order valence-corrected chi connectivity index (χ3v) is 1.88. The molecule has 0 aliphatic carbocycles. The number of alkyl halides is 3. The van der Waals surface area contributed by atoms with E-state index in [0.717, 1.165) is 6.07 Å². The van der Waals surface area contributed by atoms with Gasteiger partial charge in [-0.15, -0.1) is 0 Å². The molecule has 0 bridgehead atoms. The molecule has 0 fully saturated rings. The van der Waals surface area contributed by atoms with Crippen LogP contribution in [-0.4, -0.2) is 6.54 Å². The summed E-state index contributed by atoms with van der Waals surface area (Å²) in [6, 6.07) is 1.41. The Balaban J connectivity index is 3.21. The molecule has 15 heavy (non-hydrogen) atoms. The molecular weight excluding hydrogens is 217 g/mol. The first-order valence-electron chi connectivity index (χ1n) is 4.12. The molecule has 1 aromatic rings. The highest BCUT2D eigenvalue weighted by Crippen LogP contribution is 2.32. The summed E-state index contributed by atoms with van der Waals surface area (Å²) in [5.41, 5.74) is 3.35. The van der Waals surface area contributed by atoms with Gasteiger partial charge in [-0.05, 0) is 24.6 Å². The van der Waals surface area contributed by atoms with Crippen molar-refractivity contribution in [1.29, 1.82) is 0 Å². The minimum atomic E-state index is -4.88. The normalized spacial score (nSPS) is 11.9. The van der Waals surface area contributed by atoms with Gasteiger partial charge in [0.05, 0.1) is 5.56 Å². The van der Waals surface area contributed by atoms with Crippen LogP contribution in [0.5, 0.6) is 0 Å². The minimum absolute atomic E-state index is 0.000883. The second-order valence-electron chi connectivity index (χ2n) is 2.94. The fourth-order valence-corrected chi connectivity index (χ4v) is 1.16. The second-order valence-corrected chi connectivity index (χ2v) is 2.94. The van der Waals surface area contributed by atoms with Crippen molar-refractivity contribution in [3.63, 3.8) is 0 Å². The summed E-state index contributed by atoms with van der Waals surface area (Å²) >= 11 is 0. The third kappa shape index (κ3) is 2.44. The molecule has 0 spiro atoms. The summed E-state index contributed by atoms with van der Waals surface area (Å²) in [5, 5.41) is 0. The fourth-order valence-electron chi connectivity index (χ4n) is 1.16. The summed E-state index contributed by atoms with van der Waals surface area (Å²) in [6.07, 6.45) is -4.88. The molecule has 0 aliphatic heterocycles. The molecule has 0 heterocycles. The maximum atomic E-state index is 13.0. The Labute approximate surface area is 82.7 Å². The van der Waals surface area contributed by atoms with Crippen LogP contribution in [0.4, 0.5) is 22.0 Å². The van der Waals surface area contributed by atoms with Gasteiger partial charge in [-0.2, -0.15) is 13.2 Å². The summed E-state index contributed by atoms with van der Waals surface area (Å²) < 4.78 is 62.3. The monoisotopic (exact) mass is 225 g/mol. The van der Waals surface area contributed by atoms with Crippen LogP contribution in [-0.2, 0) is 12.6 Å². The lowest BCUT2D eigenvalue weighted by Gasteiger charge is -2.10. The first-order valence-corrected chi connectivity index (χ1v) is 4.12. The molecular formula is C9H8F5N. The van der Waals surface area contributed by atoms with Gasteiger partial charge in [0.25, 0.3) is 0 Å². The molecule has 1 rings (SSSR count). The fraction of sp³-hybridized carbons (Fsp3) is 0.333. The molecule has 0 atom stereocenters. The van der Waals surface area contributed by atoms with Gasteiger partial charge in [0.15, 0.2) is 11.6 Å². The van der Waals surface area contributed by atoms with Gasteiger partial charge in [0, 0.05) is 0 Å². The highest BCUT2D eigenvalue weighted by atomic mass is 19.4. The third-order valence-electron chi connectivity index (χ3n) is 1.88. The van der Waals surface area contributed by atoms with Gasteiger partial charge in [-0.25, -0.2) is 8.78 Å². The van der Waals surface area contributed by atoms with E-state index in [2.05, 4.69) is 0 Å². The van der Waals surface area contributed by atoms with Crippen molar-refractivity contribution >= 4 is 0 Å². The van der Waals surface area contributed by atoms with Crippen molar-refractivity contribution in [3.05, 3.63) is 34.9 Å². The minimum Gasteiger partial charge on any atom is -0.330 e. The smallest absolute Gasteiger partial charge is 0.330 e. The Bertz CT molecular complexity index is 358. The van der Waals surface area contributed by atoms with E-state index in [4.69, 9.17) is 5.73 Å². The molecule has 84 valence electrons. The lowest BCUT2D eigenvalue weighted by Crippen LogP contribution is -2.12. The van der Waals surface area contributed by atoms with E-state index in [1.54, 1.807) is 0 Å². The lowest BCUT2D eigenvalue weighted by molar-refractivity contribution is -0.140. The maximum absolute atomic E-state index is 13.0. The van der Waals surface area contributed by atoms with Gasteiger partial charge in [-0.1, -0.05) is 6.07 Å². The second kappa shape index (κ2) is 4.14. The topological polar surface area (TPSA) is 26.0 Å². The van der Waals surface area contributed by atoms with Gasteiger partial charge >= 0.3 is 6.18 Å². The first-order chi connectivity index (χ1) is 6.88. The standard InChI is InChI=1S/C9H8F5N/c10-7-5(3-4-15)1-2-6(8(7)11)9(12,13)14/h1-2H,3-4,15H2. The van der Waals surface area contributed by atoms with Gasteiger partial charge in [-0.3, -0.25) is 0 Å². The molecule has 1 nitrogen and oxygen atoms in total. The van der Waals surface area contributed by atoms with Crippen molar-refractivity contribution < 1.29 is 22.0 Å². The Hall–Kier alpha value is -1.17. The molecule has 0 aliphatic rings. The van der Waals surface area contributed by atoms with Crippen molar-refractivity contribution in [3.8, 4) is 0 Å². The van der Waals surface area contributed by atoms with E-state index in [-0.39, 0.29) is 18.5 Å². The van der Waals surface area contributed by atoms with Crippen LogP contribution in [0.2, 0.25) is 0 Å². The zero-order chi connectivity index (χ0) is 11.6. The van der Waals surface area contributed by atoms with Crippen molar-refractivity contribution in [2.45, 2.75) is 12.6 Å². The van der Waals surface area contributed by atoms with Crippen LogP contribution in [0.15, 0.2) is 12.1 Å². The molecule has 0 saturated carbocycles. The number of hydrogen-bond donors (Lipinski definition) is 1. The van der Waals surface area contributed by atoms with Crippen LogP contribution in [0.25, 0.3) is 0 Å². The molecule has 0 radical (unpaired) electrons. The Morgan fingerprint density at radius 1 is 1.07 bits per heavy atom. The van der Waals surface area contributed by atoms with Crippen molar-refractivity contribution in [2.24, 2.45) is 5.73 Å². The van der Waals surface area contributed by atoms with Crippen molar-refractivity contribution in [1.82, 2.24) is 0 Å². The molecule has 0 unspecified atom stereocenters. The highest BCUT2D eigenvalue weighted by molar-refractivity contribution is 5.28. The summed E-state index contributed by atoms with van der Waals surface area (Å²) in [7, 11) is 0. The molecule has 1 aromatic carbocycles. The number of benzene rings is 1. The average Bonchev–Trinajstić information content (AvgIpc) is 2.11. The van der Waals surface area contributed by atoms with E-state index >= 15 is 0 Å². The summed E-state index contributed by atoms with van der Waals surface area (Å²) in [5.74, 6) is -3.34. The van der Waals surface area contributed by atoms with Crippen LogP contribution in [0.3, 0.4) is 0 Å². The van der Waals surface area contributed by atoms with Crippen molar-refractivity contribution in [2.75, 3.05) is 6.54 Å². The first kappa shape index (κ1) is 11.9. The van der Waals surface area contributed by atoms with E-state index < -0.39 is 23.4 Å². The number of hydrogen-bond acceptors (Lipinski definition) is 1. The highest BCUT2D eigenvalue weighted by Gasteiger charge is 2.35.